The van der Waals surface area contributed by atoms with Gasteiger partial charge >= 0.3 is 0 Å². The van der Waals surface area contributed by atoms with Crippen molar-refractivity contribution < 1.29 is 4.74 Å². The second kappa shape index (κ2) is 7.61. The number of benzene rings is 2. The Morgan fingerprint density at radius 1 is 0.900 bits per heavy atom. The van der Waals surface area contributed by atoms with Gasteiger partial charge in [-0.25, -0.2) is 4.98 Å². The third kappa shape index (κ3) is 3.29. The summed E-state index contributed by atoms with van der Waals surface area (Å²) in [7, 11) is 1.62. The number of nitrogen functional groups attached to an aromatic ring is 1. The first kappa shape index (κ1) is 18.3. The van der Waals surface area contributed by atoms with Gasteiger partial charge in [0.05, 0.1) is 18.8 Å². The molecular weight excluding hydrogens is 394 g/mol. The van der Waals surface area contributed by atoms with Gasteiger partial charge in [0.1, 0.15) is 17.0 Å². The van der Waals surface area contributed by atoms with E-state index in [-0.39, 0.29) is 0 Å². The van der Waals surface area contributed by atoms with Crippen LogP contribution >= 0.6 is 11.8 Å². The van der Waals surface area contributed by atoms with Gasteiger partial charge < -0.3 is 10.5 Å². The third-order valence-corrected chi connectivity index (χ3v) is 5.88. The van der Waals surface area contributed by atoms with Crippen molar-refractivity contribution in [3.8, 4) is 17.0 Å². The number of pyridine rings is 2. The maximum absolute atomic E-state index is 5.98. The molecule has 0 aliphatic heterocycles. The smallest absolute Gasteiger partial charge is 0.154 e. The van der Waals surface area contributed by atoms with Crippen molar-refractivity contribution in [2.24, 2.45) is 0 Å². The van der Waals surface area contributed by atoms with Crippen molar-refractivity contribution in [1.82, 2.24) is 20.2 Å². The van der Waals surface area contributed by atoms with Crippen LogP contribution in [-0.4, -0.2) is 27.3 Å². The number of fused-ring (bicyclic) bond motifs is 2. The van der Waals surface area contributed by atoms with Gasteiger partial charge in [-0.15, -0.1) is 10.2 Å². The molecule has 0 saturated carbocycles. The van der Waals surface area contributed by atoms with Gasteiger partial charge in [0.2, 0.25) is 0 Å². The minimum atomic E-state index is 0.440. The summed E-state index contributed by atoms with van der Waals surface area (Å²) in [5.74, 6) is 1.13. The number of methoxy groups -OCH3 is 1. The quantitative estimate of drug-likeness (QED) is 0.446. The number of aromatic nitrogens is 4. The van der Waals surface area contributed by atoms with E-state index >= 15 is 0 Å². The lowest BCUT2D eigenvalue weighted by Gasteiger charge is -2.09. The van der Waals surface area contributed by atoms with Gasteiger partial charge in [0.15, 0.2) is 5.82 Å². The molecule has 0 bridgehead atoms. The first-order valence-electron chi connectivity index (χ1n) is 9.31. The van der Waals surface area contributed by atoms with Crippen LogP contribution in [0, 0.1) is 0 Å². The fourth-order valence-electron chi connectivity index (χ4n) is 3.33. The normalized spacial score (nSPS) is 11.1. The zero-order valence-electron chi connectivity index (χ0n) is 16.1. The molecule has 0 radical (unpaired) electrons. The van der Waals surface area contributed by atoms with Crippen LogP contribution in [0.15, 0.2) is 82.8 Å². The Labute approximate surface area is 177 Å². The average molecular weight is 411 g/mol. The molecule has 0 spiro atoms. The summed E-state index contributed by atoms with van der Waals surface area (Å²) in [6, 6.07) is 20.0. The van der Waals surface area contributed by atoms with Crippen LogP contribution in [-0.2, 0) is 0 Å². The summed E-state index contributed by atoms with van der Waals surface area (Å²) in [4.78, 5) is 11.0. The molecule has 7 heteroatoms. The summed E-state index contributed by atoms with van der Waals surface area (Å²) >= 11 is 1.64. The molecule has 0 unspecified atom stereocenters. The van der Waals surface area contributed by atoms with Gasteiger partial charge in [-0.1, -0.05) is 48.2 Å². The first-order valence-corrected chi connectivity index (χ1v) is 10.1. The van der Waals surface area contributed by atoms with Crippen LogP contribution in [0.1, 0.15) is 0 Å². The molecule has 5 aromatic rings. The highest BCUT2D eigenvalue weighted by molar-refractivity contribution is 7.99. The monoisotopic (exact) mass is 411 g/mol. The molecule has 2 aromatic carbocycles. The third-order valence-electron chi connectivity index (χ3n) is 4.82. The fraction of sp³-hybridized carbons (Fsp3) is 0.0435. The van der Waals surface area contributed by atoms with E-state index in [0.29, 0.717) is 11.6 Å². The van der Waals surface area contributed by atoms with Crippen LogP contribution < -0.4 is 10.5 Å². The van der Waals surface area contributed by atoms with E-state index in [4.69, 9.17) is 10.5 Å². The zero-order chi connectivity index (χ0) is 20.5. The molecule has 30 heavy (non-hydrogen) atoms. The highest BCUT2D eigenvalue weighted by atomic mass is 32.2. The SMILES string of the molecule is COc1cnc2c(Sc3ccc(-c4nnc(N)c5ccccc45)cc3)ccnc2c1. The Morgan fingerprint density at radius 3 is 2.50 bits per heavy atom. The van der Waals surface area contributed by atoms with E-state index < -0.39 is 0 Å². The molecule has 3 aromatic heterocycles. The van der Waals surface area contributed by atoms with Crippen molar-refractivity contribution in [3.63, 3.8) is 0 Å². The van der Waals surface area contributed by atoms with Crippen LogP contribution in [0.25, 0.3) is 33.1 Å². The molecule has 0 aliphatic carbocycles. The second-order valence-electron chi connectivity index (χ2n) is 6.66. The number of ether oxygens (including phenoxy) is 1. The van der Waals surface area contributed by atoms with Crippen molar-refractivity contribution in [2.75, 3.05) is 12.8 Å². The summed E-state index contributed by atoms with van der Waals surface area (Å²) < 4.78 is 5.25. The van der Waals surface area contributed by atoms with Gasteiger partial charge in [-0.2, -0.15) is 0 Å². The minimum absolute atomic E-state index is 0.440. The van der Waals surface area contributed by atoms with Crippen LogP contribution in [0.5, 0.6) is 5.75 Å². The molecule has 5 rings (SSSR count). The predicted octanol–water partition coefficient (Wildman–Crippen LogP) is 4.98. The molecule has 0 fully saturated rings. The Morgan fingerprint density at radius 2 is 1.70 bits per heavy atom. The lowest BCUT2D eigenvalue weighted by molar-refractivity contribution is 0.413. The highest BCUT2D eigenvalue weighted by Gasteiger charge is 2.10. The summed E-state index contributed by atoms with van der Waals surface area (Å²) in [6.45, 7) is 0. The standard InChI is InChI=1S/C23H17N5OS/c1-29-15-12-19-22(26-13-15)20(10-11-25-19)30-16-8-6-14(7-9-16)21-17-4-2-3-5-18(17)23(24)28-27-21/h2-13H,1H3,(H2,24,28). The number of rotatable bonds is 4. The Kier molecular flexibility index (Phi) is 4.65. The Hall–Kier alpha value is -3.71. The van der Waals surface area contributed by atoms with E-state index in [2.05, 4.69) is 44.4 Å². The maximum atomic E-state index is 5.98. The lowest BCUT2D eigenvalue weighted by Crippen LogP contribution is -1.97. The number of anilines is 1. The molecule has 6 nitrogen and oxygen atoms in total. The molecule has 0 atom stereocenters. The number of hydrogen-bond donors (Lipinski definition) is 1. The van der Waals surface area contributed by atoms with Crippen LogP contribution in [0.3, 0.4) is 0 Å². The fourth-order valence-corrected chi connectivity index (χ4v) is 4.24. The van der Waals surface area contributed by atoms with Gasteiger partial charge in [0.25, 0.3) is 0 Å². The highest BCUT2D eigenvalue weighted by Crippen LogP contribution is 2.35. The molecule has 3 heterocycles. The number of nitrogens with zero attached hydrogens (tertiary/aromatic N) is 4. The molecule has 0 saturated heterocycles. The Balaban J connectivity index is 1.48. The van der Waals surface area contributed by atoms with Crippen molar-refractivity contribution in [2.45, 2.75) is 9.79 Å². The van der Waals surface area contributed by atoms with E-state index in [0.717, 1.165) is 42.9 Å². The van der Waals surface area contributed by atoms with Crippen molar-refractivity contribution in [3.05, 3.63) is 73.1 Å². The summed E-state index contributed by atoms with van der Waals surface area (Å²) in [5.41, 5.74) is 9.45. The predicted molar refractivity (Wildman–Crippen MR) is 120 cm³/mol. The first-order chi connectivity index (χ1) is 14.7. The zero-order valence-corrected chi connectivity index (χ0v) is 16.9. The van der Waals surface area contributed by atoms with Gasteiger partial charge in [0, 0.05) is 38.4 Å². The lowest BCUT2D eigenvalue weighted by atomic mass is 10.0. The molecule has 0 amide bonds. The molecule has 146 valence electrons. The van der Waals surface area contributed by atoms with E-state index in [1.165, 1.54) is 0 Å². The van der Waals surface area contributed by atoms with Crippen molar-refractivity contribution in [1.29, 1.82) is 0 Å². The van der Waals surface area contributed by atoms with Crippen LogP contribution in [0.2, 0.25) is 0 Å². The van der Waals surface area contributed by atoms with Crippen molar-refractivity contribution >= 4 is 39.4 Å². The second-order valence-corrected chi connectivity index (χ2v) is 7.77. The Bertz CT molecular complexity index is 1370. The van der Waals surface area contributed by atoms with Crippen LogP contribution in [0.4, 0.5) is 5.82 Å². The van der Waals surface area contributed by atoms with Gasteiger partial charge in [-0.3, -0.25) is 4.98 Å². The molecule has 2 N–H and O–H groups in total. The molecule has 0 aliphatic rings. The largest absolute Gasteiger partial charge is 0.495 e. The number of hydrogen-bond acceptors (Lipinski definition) is 7. The summed E-state index contributed by atoms with van der Waals surface area (Å²) in [5, 5.41) is 10.4. The van der Waals surface area contributed by atoms with E-state index in [1.807, 2.05) is 36.4 Å². The maximum Gasteiger partial charge on any atom is 0.154 e. The van der Waals surface area contributed by atoms with E-state index in [1.54, 1.807) is 31.3 Å². The number of nitrogens with two attached hydrogens (primary N) is 1. The average Bonchev–Trinajstić information content (AvgIpc) is 2.80. The van der Waals surface area contributed by atoms with E-state index in [9.17, 15) is 0 Å². The molecular formula is C23H17N5OS. The summed E-state index contributed by atoms with van der Waals surface area (Å²) in [6.07, 6.45) is 3.50. The van der Waals surface area contributed by atoms with Gasteiger partial charge in [-0.05, 0) is 18.2 Å². The minimum Gasteiger partial charge on any atom is -0.495 e. The topological polar surface area (TPSA) is 86.8 Å².